The van der Waals surface area contributed by atoms with Crippen LogP contribution < -0.4 is 15.4 Å². The van der Waals surface area contributed by atoms with E-state index in [0.717, 1.165) is 15.8 Å². The molecule has 0 aliphatic carbocycles. The average Bonchev–Trinajstić information content (AvgIpc) is 3.15. The molecule has 11 heteroatoms. The maximum absolute atomic E-state index is 12.4. The molecule has 0 aliphatic heterocycles. The standard InChI is InChI=1S/C22H23BrClN5O3S/c1-13(25-19(30)10-14-4-7-16(32-3)8-5-14)21-27-28-22(29(21)2)33-12-20(31)26-15-6-9-17(23)18(24)11-15/h4-9,11,13H,10,12H2,1-3H3,(H,25,30)(H,26,31). The number of amides is 2. The highest BCUT2D eigenvalue weighted by molar-refractivity contribution is 9.10. The molecular formula is C22H23BrClN5O3S. The largest absolute Gasteiger partial charge is 0.497 e. The summed E-state index contributed by atoms with van der Waals surface area (Å²) in [5, 5.41) is 15.2. The number of thioether (sulfide) groups is 1. The van der Waals surface area contributed by atoms with Gasteiger partial charge in [0.25, 0.3) is 0 Å². The smallest absolute Gasteiger partial charge is 0.234 e. The zero-order chi connectivity index (χ0) is 24.0. The van der Waals surface area contributed by atoms with Gasteiger partial charge in [0.15, 0.2) is 11.0 Å². The van der Waals surface area contributed by atoms with Crippen molar-refractivity contribution in [3.63, 3.8) is 0 Å². The first kappa shape index (κ1) is 25.1. The van der Waals surface area contributed by atoms with Crippen molar-refractivity contribution in [3.05, 3.63) is 63.3 Å². The third kappa shape index (κ3) is 6.96. The van der Waals surface area contributed by atoms with Crippen molar-refractivity contribution in [2.24, 2.45) is 7.05 Å². The number of nitrogens with one attached hydrogen (secondary N) is 2. The van der Waals surface area contributed by atoms with Crippen LogP contribution in [0.15, 0.2) is 52.1 Å². The number of carbonyl (C=O) groups is 2. The maximum atomic E-state index is 12.4. The second-order valence-corrected chi connectivity index (χ2v) is 9.38. The van der Waals surface area contributed by atoms with Crippen molar-refractivity contribution >= 4 is 56.8 Å². The van der Waals surface area contributed by atoms with E-state index in [9.17, 15) is 9.59 Å². The second kappa shape index (κ2) is 11.5. The number of methoxy groups -OCH3 is 1. The number of halogens is 2. The van der Waals surface area contributed by atoms with E-state index >= 15 is 0 Å². The zero-order valence-electron chi connectivity index (χ0n) is 18.3. The van der Waals surface area contributed by atoms with Crippen LogP contribution in [0.4, 0.5) is 5.69 Å². The Morgan fingerprint density at radius 2 is 1.91 bits per heavy atom. The lowest BCUT2D eigenvalue weighted by Crippen LogP contribution is -2.29. The van der Waals surface area contributed by atoms with Gasteiger partial charge in [-0.15, -0.1) is 10.2 Å². The van der Waals surface area contributed by atoms with Crippen molar-refractivity contribution < 1.29 is 14.3 Å². The fourth-order valence-electron chi connectivity index (χ4n) is 3.02. The van der Waals surface area contributed by atoms with Gasteiger partial charge >= 0.3 is 0 Å². The number of hydrogen-bond donors (Lipinski definition) is 2. The Kier molecular flexibility index (Phi) is 8.76. The quantitative estimate of drug-likeness (QED) is 0.382. The summed E-state index contributed by atoms with van der Waals surface area (Å²) in [7, 11) is 3.40. The average molecular weight is 553 g/mol. The third-order valence-electron chi connectivity index (χ3n) is 4.69. The predicted molar refractivity (Wildman–Crippen MR) is 133 cm³/mol. The fraction of sp³-hybridized carbons (Fsp3) is 0.273. The number of ether oxygens (including phenoxy) is 1. The summed E-state index contributed by atoms with van der Waals surface area (Å²) in [4.78, 5) is 24.7. The summed E-state index contributed by atoms with van der Waals surface area (Å²) in [6.07, 6.45) is 0.244. The van der Waals surface area contributed by atoms with Gasteiger partial charge in [0.1, 0.15) is 5.75 Å². The highest BCUT2D eigenvalue weighted by Crippen LogP contribution is 2.26. The molecule has 8 nitrogen and oxygen atoms in total. The number of rotatable bonds is 9. The van der Waals surface area contributed by atoms with Crippen LogP contribution in [0.5, 0.6) is 5.75 Å². The summed E-state index contributed by atoms with van der Waals surface area (Å²) in [6, 6.07) is 12.2. The van der Waals surface area contributed by atoms with Crippen LogP contribution in [-0.2, 0) is 23.1 Å². The number of aromatic nitrogens is 3. The van der Waals surface area contributed by atoms with Gasteiger partial charge in [-0.3, -0.25) is 9.59 Å². The summed E-state index contributed by atoms with van der Waals surface area (Å²) in [5.74, 6) is 1.17. The van der Waals surface area contributed by atoms with Gasteiger partial charge in [-0.25, -0.2) is 0 Å². The topological polar surface area (TPSA) is 98.1 Å². The predicted octanol–water partition coefficient (Wildman–Crippen LogP) is 4.39. The fourth-order valence-corrected chi connectivity index (χ4v) is 4.16. The molecule has 0 radical (unpaired) electrons. The van der Waals surface area contributed by atoms with Crippen LogP contribution in [0.1, 0.15) is 24.4 Å². The number of nitrogens with zero attached hydrogens (tertiary/aromatic N) is 3. The third-order valence-corrected chi connectivity index (χ3v) is 6.95. The van der Waals surface area contributed by atoms with Gasteiger partial charge in [-0.2, -0.15) is 0 Å². The number of anilines is 1. The molecule has 0 fully saturated rings. The molecule has 0 saturated carbocycles. The first-order valence-electron chi connectivity index (χ1n) is 9.96. The van der Waals surface area contributed by atoms with E-state index in [2.05, 4.69) is 36.8 Å². The van der Waals surface area contributed by atoms with E-state index < -0.39 is 0 Å². The van der Waals surface area contributed by atoms with E-state index in [4.69, 9.17) is 16.3 Å². The molecular weight excluding hydrogens is 530 g/mol. The summed E-state index contributed by atoms with van der Waals surface area (Å²) in [5.41, 5.74) is 1.49. The van der Waals surface area contributed by atoms with Crippen molar-refractivity contribution in [3.8, 4) is 5.75 Å². The van der Waals surface area contributed by atoms with Gasteiger partial charge in [-0.1, -0.05) is 35.5 Å². The van der Waals surface area contributed by atoms with Gasteiger partial charge in [0.2, 0.25) is 11.8 Å². The molecule has 1 heterocycles. The van der Waals surface area contributed by atoms with E-state index in [1.54, 1.807) is 36.9 Å². The molecule has 2 aromatic carbocycles. The zero-order valence-corrected chi connectivity index (χ0v) is 21.4. The minimum Gasteiger partial charge on any atom is -0.497 e. The van der Waals surface area contributed by atoms with Gasteiger partial charge < -0.3 is 19.9 Å². The Labute approximate surface area is 209 Å². The summed E-state index contributed by atoms with van der Waals surface area (Å²) >= 11 is 10.6. The van der Waals surface area contributed by atoms with E-state index in [0.29, 0.717) is 21.7 Å². The Morgan fingerprint density at radius 1 is 1.18 bits per heavy atom. The highest BCUT2D eigenvalue weighted by Gasteiger charge is 2.18. The number of benzene rings is 2. The number of hydrogen-bond acceptors (Lipinski definition) is 6. The summed E-state index contributed by atoms with van der Waals surface area (Å²) < 4.78 is 7.66. The lowest BCUT2D eigenvalue weighted by atomic mass is 10.1. The van der Waals surface area contributed by atoms with Gasteiger partial charge in [0.05, 0.1) is 30.3 Å². The molecule has 1 atom stereocenters. The Balaban J connectivity index is 1.52. The molecule has 2 amide bonds. The van der Waals surface area contributed by atoms with E-state index in [1.807, 2.05) is 31.2 Å². The molecule has 1 unspecified atom stereocenters. The second-order valence-electron chi connectivity index (χ2n) is 7.18. The van der Waals surface area contributed by atoms with Crippen molar-refractivity contribution in [1.29, 1.82) is 0 Å². The lowest BCUT2D eigenvalue weighted by Gasteiger charge is -2.14. The normalized spacial score (nSPS) is 11.7. The molecule has 33 heavy (non-hydrogen) atoms. The highest BCUT2D eigenvalue weighted by atomic mass is 79.9. The van der Waals surface area contributed by atoms with Crippen LogP contribution in [0.25, 0.3) is 0 Å². The van der Waals surface area contributed by atoms with Crippen LogP contribution in [-0.4, -0.2) is 39.4 Å². The molecule has 0 bridgehead atoms. The van der Waals surface area contributed by atoms with Crippen molar-refractivity contribution in [2.45, 2.75) is 24.5 Å². The van der Waals surface area contributed by atoms with Crippen molar-refractivity contribution in [1.82, 2.24) is 20.1 Å². The molecule has 0 aliphatic rings. The SMILES string of the molecule is COc1ccc(CC(=O)NC(C)c2nnc(SCC(=O)Nc3ccc(Br)c(Cl)c3)n2C)cc1. The Morgan fingerprint density at radius 3 is 2.58 bits per heavy atom. The van der Waals surface area contributed by atoms with Crippen LogP contribution >= 0.6 is 39.3 Å². The first-order valence-corrected chi connectivity index (χ1v) is 12.1. The molecule has 0 spiro atoms. The van der Waals surface area contributed by atoms with E-state index in [-0.39, 0.29) is 30.0 Å². The summed E-state index contributed by atoms with van der Waals surface area (Å²) in [6.45, 7) is 1.84. The minimum absolute atomic E-state index is 0.127. The molecule has 174 valence electrons. The maximum Gasteiger partial charge on any atom is 0.234 e. The van der Waals surface area contributed by atoms with Crippen LogP contribution in [0, 0.1) is 0 Å². The van der Waals surface area contributed by atoms with Crippen molar-refractivity contribution in [2.75, 3.05) is 18.2 Å². The van der Waals surface area contributed by atoms with E-state index in [1.165, 1.54) is 11.8 Å². The Hall–Kier alpha value is -2.56. The monoisotopic (exact) mass is 551 g/mol. The molecule has 3 rings (SSSR count). The minimum atomic E-state index is -0.346. The molecule has 3 aromatic rings. The Bertz CT molecular complexity index is 1140. The lowest BCUT2D eigenvalue weighted by molar-refractivity contribution is -0.121. The molecule has 0 saturated heterocycles. The number of carbonyl (C=O) groups excluding carboxylic acids is 2. The first-order chi connectivity index (χ1) is 15.8. The van der Waals surface area contributed by atoms with Crippen LogP contribution in [0.3, 0.4) is 0 Å². The van der Waals surface area contributed by atoms with Gasteiger partial charge in [0, 0.05) is 17.2 Å². The van der Waals surface area contributed by atoms with Gasteiger partial charge in [-0.05, 0) is 58.7 Å². The molecule has 1 aromatic heterocycles. The molecule has 2 N–H and O–H groups in total. The van der Waals surface area contributed by atoms with Crippen LogP contribution in [0.2, 0.25) is 5.02 Å².